The Balaban J connectivity index is 0.000000655. The quantitative estimate of drug-likeness (QED) is 0.0247. The van der Waals surface area contributed by atoms with Gasteiger partial charge in [-0.05, 0) is 50.5 Å². The number of aromatic carboxylic acids is 1. The highest BCUT2D eigenvalue weighted by Gasteiger charge is 2.51. The molecule has 4 aliphatic rings. The first-order valence-corrected chi connectivity index (χ1v) is 27.3. The molecule has 82 heavy (non-hydrogen) atoms. The van der Waals surface area contributed by atoms with Gasteiger partial charge in [0.05, 0.1) is 55.0 Å². The van der Waals surface area contributed by atoms with Crippen molar-refractivity contribution in [3.63, 3.8) is 0 Å². The van der Waals surface area contributed by atoms with Crippen LogP contribution in [0.15, 0.2) is 36.4 Å². The summed E-state index contributed by atoms with van der Waals surface area (Å²) in [6.45, 7) is 5.15. The van der Waals surface area contributed by atoms with Gasteiger partial charge < -0.3 is 142 Å². The summed E-state index contributed by atoms with van der Waals surface area (Å²) in [5.41, 5.74) is 10.9. The topological polar surface area (TPSA) is 542 Å². The summed E-state index contributed by atoms with van der Waals surface area (Å²) in [5, 5.41) is 161. The number of benzene rings is 2. The Bertz CT molecular complexity index is 2220. The SMILES string of the molecule is BrCBr.CC.CC.CNC1[C@H](O)OC(CO)[C@@H](O)[C@H]1CO[C@@H]1OC(C(=O)O)[C@@H](O)[C@@H](O)C1O.CNC1[C@H](O)OC(CO)[C@@H](O)[C@H]1CO[C@@H]1OC(C(=O)OCOC(=O)c2cc(N)ccc2O)[C@@H](O)[C@@H](O)C1O.Nc1ccc(O)c(C(=O)O)c1. The van der Waals surface area contributed by atoms with Crippen LogP contribution in [-0.4, -0.2) is 268 Å². The van der Waals surface area contributed by atoms with E-state index >= 15 is 0 Å². The van der Waals surface area contributed by atoms with Crippen LogP contribution >= 0.6 is 31.9 Å². The molecule has 0 spiro atoms. The lowest BCUT2D eigenvalue weighted by molar-refractivity contribution is -0.307. The highest BCUT2D eigenvalue weighted by atomic mass is 79.9. The van der Waals surface area contributed by atoms with Crippen molar-refractivity contribution in [1.29, 1.82) is 0 Å². The van der Waals surface area contributed by atoms with E-state index in [4.69, 9.17) is 64.7 Å². The van der Waals surface area contributed by atoms with Crippen molar-refractivity contribution < 1.29 is 139 Å². The van der Waals surface area contributed by atoms with Gasteiger partial charge in [0.1, 0.15) is 71.5 Å². The Morgan fingerprint density at radius 3 is 1.30 bits per heavy atom. The minimum atomic E-state index is -1.95. The number of carbonyl (C=O) groups excluding carboxylic acids is 2. The Labute approximate surface area is 486 Å². The van der Waals surface area contributed by atoms with E-state index in [0.717, 1.165) is 10.3 Å². The number of nitrogen functional groups attached to an aromatic ring is 2. The lowest BCUT2D eigenvalue weighted by Gasteiger charge is -2.44. The zero-order valence-corrected chi connectivity index (χ0v) is 48.4. The molecule has 32 nitrogen and oxygen atoms in total. The number of alkyl halides is 2. The first-order chi connectivity index (χ1) is 38.7. The number of nitrogens with one attached hydrogen (secondary N) is 2. The molecule has 8 unspecified atom stereocenters. The molecular formula is C48H78Br2N4O28. The van der Waals surface area contributed by atoms with Crippen molar-refractivity contribution in [2.45, 2.75) is 138 Å². The summed E-state index contributed by atoms with van der Waals surface area (Å²) in [7, 11) is 2.98. The van der Waals surface area contributed by atoms with Crippen molar-refractivity contribution in [3.05, 3.63) is 47.5 Å². The van der Waals surface area contributed by atoms with Crippen LogP contribution in [0.25, 0.3) is 0 Å². The van der Waals surface area contributed by atoms with Gasteiger partial charge in [-0.25, -0.2) is 19.2 Å². The van der Waals surface area contributed by atoms with E-state index in [2.05, 4.69) is 42.5 Å². The molecule has 6 rings (SSSR count). The number of likely N-dealkylation sites (N-methyl/N-ethyl adjacent to an activating group) is 2. The molecule has 0 aromatic heterocycles. The largest absolute Gasteiger partial charge is 0.507 e. The van der Waals surface area contributed by atoms with Crippen LogP contribution in [0.1, 0.15) is 48.4 Å². The van der Waals surface area contributed by atoms with Crippen molar-refractivity contribution in [1.82, 2.24) is 10.6 Å². The van der Waals surface area contributed by atoms with E-state index in [9.17, 15) is 85.6 Å². The number of phenolic OH excluding ortho intramolecular Hbond substituents is 1. The lowest BCUT2D eigenvalue weighted by Crippen LogP contribution is -2.63. The van der Waals surface area contributed by atoms with Gasteiger partial charge in [0, 0.05) is 23.2 Å². The fourth-order valence-corrected chi connectivity index (χ4v) is 8.03. The highest BCUT2D eigenvalue weighted by molar-refractivity contribution is 9.24. The van der Waals surface area contributed by atoms with Gasteiger partial charge in [0.15, 0.2) is 37.4 Å². The Morgan fingerprint density at radius 2 is 0.939 bits per heavy atom. The third-order valence-corrected chi connectivity index (χ3v) is 12.2. The number of esters is 2. The highest BCUT2D eigenvalue weighted by Crippen LogP contribution is 2.31. The fraction of sp³-hybridized carbons (Fsp3) is 0.667. The second-order valence-corrected chi connectivity index (χ2v) is 19.8. The summed E-state index contributed by atoms with van der Waals surface area (Å²) >= 11 is 6.12. The fourth-order valence-electron chi connectivity index (χ4n) is 8.03. The number of phenols is 2. The number of halogens is 2. The summed E-state index contributed by atoms with van der Waals surface area (Å²) in [5.74, 6) is -7.49. The number of hydrogen-bond donors (Lipinski definition) is 20. The second-order valence-electron chi connectivity index (χ2n) is 17.2. The van der Waals surface area contributed by atoms with Gasteiger partial charge in [-0.1, -0.05) is 59.6 Å². The van der Waals surface area contributed by atoms with Crippen molar-refractivity contribution >= 4 is 67.1 Å². The van der Waals surface area contributed by atoms with Crippen LogP contribution in [-0.2, 0) is 47.5 Å². The molecule has 20 atom stereocenters. The van der Waals surface area contributed by atoms with E-state index in [1.807, 2.05) is 27.7 Å². The number of carboxylic acids is 2. The first kappa shape index (κ1) is 75.7. The normalized spacial score (nSPS) is 32.9. The lowest BCUT2D eigenvalue weighted by atomic mass is 9.88. The van der Waals surface area contributed by atoms with Gasteiger partial charge in [0.2, 0.25) is 6.79 Å². The number of nitrogens with two attached hydrogens (primary N) is 2. The summed E-state index contributed by atoms with van der Waals surface area (Å²) in [4.78, 5) is 46.0. The van der Waals surface area contributed by atoms with E-state index in [1.165, 1.54) is 44.4 Å². The number of aliphatic hydroxyl groups excluding tert-OH is 12. The molecule has 0 radical (unpaired) electrons. The minimum absolute atomic E-state index is 0.166. The number of hydrogen-bond acceptors (Lipinski definition) is 30. The molecule has 2 aromatic rings. The van der Waals surface area contributed by atoms with Gasteiger partial charge in [-0.2, -0.15) is 0 Å². The Kier molecular flexibility index (Phi) is 35.0. The summed E-state index contributed by atoms with van der Waals surface area (Å²) in [6, 6.07) is 5.89. The molecule has 22 N–H and O–H groups in total. The van der Waals surface area contributed by atoms with Crippen molar-refractivity contribution in [2.24, 2.45) is 11.8 Å². The average Bonchev–Trinajstić information content (AvgIpc) is 3.56. The predicted molar refractivity (Wildman–Crippen MR) is 287 cm³/mol. The predicted octanol–water partition coefficient (Wildman–Crippen LogP) is -4.64. The molecule has 4 fully saturated rings. The maximum Gasteiger partial charge on any atom is 0.344 e. The number of aliphatic hydroxyl groups is 12. The van der Waals surface area contributed by atoms with Gasteiger partial charge in [-0.3, -0.25) is 0 Å². The van der Waals surface area contributed by atoms with Gasteiger partial charge in [-0.15, -0.1) is 0 Å². The minimum Gasteiger partial charge on any atom is -0.507 e. The molecule has 4 heterocycles. The number of carbonyl (C=O) groups is 4. The van der Waals surface area contributed by atoms with Crippen molar-refractivity contribution in [2.75, 3.05) is 63.0 Å². The number of aliphatic carboxylic acids is 1. The molecule has 34 heteroatoms. The molecule has 4 aliphatic heterocycles. The third kappa shape index (κ3) is 21.0. The number of aromatic hydroxyl groups is 2. The van der Waals surface area contributed by atoms with Crippen LogP contribution in [0, 0.1) is 11.8 Å². The molecule has 0 amide bonds. The summed E-state index contributed by atoms with van der Waals surface area (Å²) < 4.78 is 41.7. The Morgan fingerprint density at radius 1 is 0.561 bits per heavy atom. The Hall–Kier alpha value is -4.32. The monoisotopic (exact) mass is 1320 g/mol. The van der Waals surface area contributed by atoms with Crippen LogP contribution in [0.5, 0.6) is 11.5 Å². The van der Waals surface area contributed by atoms with Crippen LogP contribution in [0.2, 0.25) is 0 Å². The smallest absolute Gasteiger partial charge is 0.344 e. The van der Waals surface area contributed by atoms with E-state index < -0.39 is 179 Å². The maximum absolute atomic E-state index is 12.5. The van der Waals surface area contributed by atoms with Gasteiger partial charge >= 0.3 is 23.9 Å². The molecule has 2 aromatic carbocycles. The number of anilines is 2. The van der Waals surface area contributed by atoms with E-state index in [1.54, 1.807) is 0 Å². The molecule has 4 saturated heterocycles. The average molecular weight is 1320 g/mol. The zero-order valence-electron chi connectivity index (χ0n) is 45.2. The molecule has 0 saturated carbocycles. The van der Waals surface area contributed by atoms with Gasteiger partial charge in [0.25, 0.3) is 0 Å². The van der Waals surface area contributed by atoms with Crippen LogP contribution in [0.4, 0.5) is 11.4 Å². The maximum atomic E-state index is 12.5. The molecule has 472 valence electrons. The van der Waals surface area contributed by atoms with Crippen LogP contribution in [0.3, 0.4) is 0 Å². The van der Waals surface area contributed by atoms with E-state index in [-0.39, 0.29) is 29.2 Å². The number of ether oxygens (including phenoxy) is 8. The van der Waals surface area contributed by atoms with Crippen LogP contribution < -0.4 is 22.1 Å². The first-order valence-electron chi connectivity index (χ1n) is 25.1. The standard InChI is InChI=1S/C22H32N2O14.C14H25NO11.C7H7NO3.2C2H6.CH2Br2/c1-24-13-10(14(27)12(5-25)37-20(13)32)6-34-22-17(30)15(28)16(29)18(38-22)21(33)36-7-35-19(31)9-4-8(23)2-3-11(9)26;1-15-6-4(7(17)5(2-16)25-13(6)23)3-24-14-10(20)8(18)9(19)11(26-14)12(21)22;8-4-1-2-6(9)5(3-4)7(10)11;2*1-2;2-1-3/h2-4,10,12-18,20,22,24-30,32H,5-7,23H2,1H3;4-11,13-20,23H,2-3H2,1H3,(H,21,22);1-3,9H,8H2,(H,10,11);2*1-2H3;1H2/t10-,12?,13?,14-,15+,16-,17?,18?,20+,22+;4-,5?,6?,7-,8+,9-,10?,11?,13+,14+;;;;/m00..../s1. The third-order valence-electron chi connectivity index (χ3n) is 12.2. The molecular weight excluding hydrogens is 1240 g/mol. The number of carboxylic acid groups (broad SMARTS) is 2. The van der Waals surface area contributed by atoms with E-state index in [0.29, 0.717) is 5.69 Å². The molecule has 0 aliphatic carbocycles. The summed E-state index contributed by atoms with van der Waals surface area (Å²) in [6.07, 6.45) is -25.6. The van der Waals surface area contributed by atoms with Crippen molar-refractivity contribution in [3.8, 4) is 11.5 Å². The zero-order chi connectivity index (χ0) is 62.9. The number of rotatable bonds is 16. The second kappa shape index (κ2) is 37.9. The molecule has 0 bridgehead atoms.